The summed E-state index contributed by atoms with van der Waals surface area (Å²) in [6.07, 6.45) is 0. The molecular formula is C26H19NO2S. The summed E-state index contributed by atoms with van der Waals surface area (Å²) in [5.41, 5.74) is 2.67. The summed E-state index contributed by atoms with van der Waals surface area (Å²) in [4.78, 5) is 13.9. The molecule has 1 aromatic heterocycles. The number of furan rings is 1. The van der Waals surface area contributed by atoms with Crippen LogP contribution in [0.2, 0.25) is 0 Å². The predicted molar refractivity (Wildman–Crippen MR) is 124 cm³/mol. The lowest BCUT2D eigenvalue weighted by Crippen LogP contribution is -2.10. The molecule has 4 aromatic carbocycles. The van der Waals surface area contributed by atoms with Crippen LogP contribution in [-0.4, -0.2) is 5.91 Å². The fourth-order valence-corrected chi connectivity index (χ4v) is 4.34. The number of fused-ring (bicyclic) bond motifs is 3. The van der Waals surface area contributed by atoms with E-state index in [0.717, 1.165) is 27.6 Å². The zero-order chi connectivity index (χ0) is 20.3. The zero-order valence-electron chi connectivity index (χ0n) is 16.2. The average molecular weight is 410 g/mol. The molecular weight excluding hydrogens is 390 g/mol. The first-order valence-corrected chi connectivity index (χ1v) is 10.7. The summed E-state index contributed by atoms with van der Waals surface area (Å²) >= 11 is 1.79. The second-order valence-electron chi connectivity index (χ2n) is 7.06. The van der Waals surface area contributed by atoms with Gasteiger partial charge in [0.25, 0.3) is 5.91 Å². The van der Waals surface area contributed by atoms with Crippen LogP contribution < -0.4 is 5.32 Å². The van der Waals surface area contributed by atoms with E-state index in [1.165, 1.54) is 10.5 Å². The molecule has 1 heterocycles. The Bertz CT molecular complexity index is 1320. The molecule has 30 heavy (non-hydrogen) atoms. The summed E-state index contributed by atoms with van der Waals surface area (Å²) < 4.78 is 5.81. The topological polar surface area (TPSA) is 42.2 Å². The molecule has 0 spiro atoms. The Hall–Kier alpha value is -3.50. The number of nitrogens with one attached hydrogen (secondary N) is 1. The van der Waals surface area contributed by atoms with Gasteiger partial charge >= 0.3 is 0 Å². The van der Waals surface area contributed by atoms with Crippen molar-refractivity contribution in [3.63, 3.8) is 0 Å². The Morgan fingerprint density at radius 3 is 2.40 bits per heavy atom. The fraction of sp³-hybridized carbons (Fsp3) is 0.0385. The molecule has 1 amide bonds. The molecule has 0 aliphatic heterocycles. The van der Waals surface area contributed by atoms with E-state index in [1.807, 2.05) is 78.9 Å². The third-order valence-corrected chi connectivity index (χ3v) is 6.09. The van der Waals surface area contributed by atoms with E-state index in [9.17, 15) is 4.79 Å². The lowest BCUT2D eigenvalue weighted by molar-refractivity contribution is 0.0998. The predicted octanol–water partition coefficient (Wildman–Crippen LogP) is 7.13. The van der Waals surface area contributed by atoms with Gasteiger partial charge in [-0.1, -0.05) is 60.7 Å². The lowest BCUT2D eigenvalue weighted by Gasteiger charge is -2.05. The number of hydrogen-bond acceptors (Lipinski definition) is 3. The summed E-state index contributed by atoms with van der Waals surface area (Å²) in [5, 5.41) is 6.09. The highest BCUT2D eigenvalue weighted by atomic mass is 32.2. The molecule has 5 rings (SSSR count). The van der Waals surface area contributed by atoms with Crippen LogP contribution in [0.15, 0.2) is 106 Å². The zero-order valence-corrected chi connectivity index (χ0v) is 17.0. The van der Waals surface area contributed by atoms with Crippen LogP contribution in [-0.2, 0) is 5.75 Å². The van der Waals surface area contributed by atoms with Crippen molar-refractivity contribution in [2.75, 3.05) is 5.32 Å². The van der Waals surface area contributed by atoms with Crippen molar-refractivity contribution < 1.29 is 9.21 Å². The first-order valence-electron chi connectivity index (χ1n) is 9.76. The molecule has 3 nitrogen and oxygen atoms in total. The average Bonchev–Trinajstić information content (AvgIpc) is 3.25. The molecule has 0 saturated heterocycles. The van der Waals surface area contributed by atoms with Gasteiger partial charge in [0.05, 0.1) is 0 Å². The van der Waals surface area contributed by atoms with E-state index >= 15 is 0 Å². The van der Waals surface area contributed by atoms with Crippen LogP contribution in [0.1, 0.15) is 16.1 Å². The summed E-state index contributed by atoms with van der Waals surface area (Å²) in [7, 11) is 0. The number of carbonyl (C=O) groups excluding carboxylic acids is 1. The number of thioether (sulfide) groups is 1. The minimum atomic E-state index is -0.248. The molecule has 1 N–H and O–H groups in total. The van der Waals surface area contributed by atoms with Gasteiger partial charge in [-0.3, -0.25) is 4.79 Å². The van der Waals surface area contributed by atoms with Gasteiger partial charge < -0.3 is 9.73 Å². The normalized spacial score (nSPS) is 11.1. The maximum absolute atomic E-state index is 12.7. The highest BCUT2D eigenvalue weighted by Gasteiger charge is 2.14. The van der Waals surface area contributed by atoms with E-state index in [0.29, 0.717) is 11.3 Å². The van der Waals surface area contributed by atoms with Gasteiger partial charge in [0.1, 0.15) is 5.58 Å². The maximum atomic E-state index is 12.7. The first-order chi connectivity index (χ1) is 14.8. The number of hydrogen-bond donors (Lipinski definition) is 1. The highest BCUT2D eigenvalue weighted by molar-refractivity contribution is 7.98. The van der Waals surface area contributed by atoms with Gasteiger partial charge in [-0.2, -0.15) is 0 Å². The molecule has 5 aromatic rings. The number of rotatable bonds is 5. The molecule has 0 unspecified atom stereocenters. The van der Waals surface area contributed by atoms with E-state index in [2.05, 4.69) is 23.5 Å². The minimum Gasteiger partial charge on any atom is -0.451 e. The Balaban J connectivity index is 1.29. The van der Waals surface area contributed by atoms with Crippen molar-refractivity contribution in [3.8, 4) is 0 Å². The summed E-state index contributed by atoms with van der Waals surface area (Å²) in [5.74, 6) is 0.946. The van der Waals surface area contributed by atoms with Crippen molar-refractivity contribution in [2.24, 2.45) is 0 Å². The van der Waals surface area contributed by atoms with Crippen molar-refractivity contribution in [1.29, 1.82) is 0 Å². The van der Waals surface area contributed by atoms with Gasteiger partial charge in [0.2, 0.25) is 0 Å². The monoisotopic (exact) mass is 409 g/mol. The highest BCUT2D eigenvalue weighted by Crippen LogP contribution is 2.29. The third-order valence-electron chi connectivity index (χ3n) is 5.01. The number of amides is 1. The van der Waals surface area contributed by atoms with E-state index in [-0.39, 0.29) is 5.91 Å². The van der Waals surface area contributed by atoms with Gasteiger partial charge in [-0.15, -0.1) is 11.8 Å². The maximum Gasteiger partial charge on any atom is 0.291 e. The van der Waals surface area contributed by atoms with Crippen LogP contribution in [0.4, 0.5) is 5.69 Å². The number of benzene rings is 4. The molecule has 4 heteroatoms. The van der Waals surface area contributed by atoms with Crippen molar-refractivity contribution >= 4 is 45.1 Å². The van der Waals surface area contributed by atoms with Crippen molar-refractivity contribution in [2.45, 2.75) is 10.6 Å². The third kappa shape index (κ3) is 3.82. The minimum absolute atomic E-state index is 0.248. The van der Waals surface area contributed by atoms with Gasteiger partial charge in [0, 0.05) is 21.7 Å². The van der Waals surface area contributed by atoms with Crippen molar-refractivity contribution in [1.82, 2.24) is 0 Å². The standard InChI is InChI=1S/C26H19NO2S/c28-26(25-16-23-22-9-5-4-6-19(22)12-15-24(23)29-25)27-20-13-10-18(11-14-20)17-30-21-7-2-1-3-8-21/h1-16H,17H2,(H,27,28). The summed E-state index contributed by atoms with van der Waals surface area (Å²) in [6, 6.07) is 32.1. The molecule has 146 valence electrons. The van der Waals surface area contributed by atoms with Gasteiger partial charge in [-0.05, 0) is 52.7 Å². The molecule has 0 saturated carbocycles. The molecule has 0 bridgehead atoms. The largest absolute Gasteiger partial charge is 0.451 e. The van der Waals surface area contributed by atoms with E-state index in [1.54, 1.807) is 11.8 Å². The van der Waals surface area contributed by atoms with Crippen LogP contribution in [0, 0.1) is 0 Å². The smallest absolute Gasteiger partial charge is 0.291 e. The lowest BCUT2D eigenvalue weighted by atomic mass is 10.1. The molecule has 0 aliphatic rings. The molecule has 0 aliphatic carbocycles. The van der Waals surface area contributed by atoms with Crippen LogP contribution in [0.5, 0.6) is 0 Å². The van der Waals surface area contributed by atoms with Crippen LogP contribution in [0.3, 0.4) is 0 Å². The molecule has 0 fully saturated rings. The van der Waals surface area contributed by atoms with E-state index < -0.39 is 0 Å². The Morgan fingerprint density at radius 1 is 0.800 bits per heavy atom. The van der Waals surface area contributed by atoms with Crippen LogP contribution in [0.25, 0.3) is 21.7 Å². The van der Waals surface area contributed by atoms with Gasteiger partial charge in [-0.25, -0.2) is 0 Å². The Labute approximate surface area is 178 Å². The molecule has 0 atom stereocenters. The van der Waals surface area contributed by atoms with Crippen LogP contribution >= 0.6 is 11.8 Å². The second kappa shape index (κ2) is 8.09. The first kappa shape index (κ1) is 18.5. The number of anilines is 1. The Morgan fingerprint density at radius 2 is 1.57 bits per heavy atom. The van der Waals surface area contributed by atoms with E-state index in [4.69, 9.17) is 4.42 Å². The SMILES string of the molecule is O=C(Nc1ccc(CSc2ccccc2)cc1)c1cc2c(ccc3ccccc32)o1. The second-order valence-corrected chi connectivity index (χ2v) is 8.11. The fourth-order valence-electron chi connectivity index (χ4n) is 3.46. The summed E-state index contributed by atoms with van der Waals surface area (Å²) in [6.45, 7) is 0. The number of carbonyl (C=O) groups is 1. The van der Waals surface area contributed by atoms with Gasteiger partial charge in [0.15, 0.2) is 5.76 Å². The Kier molecular flexibility index (Phi) is 4.99. The molecule has 0 radical (unpaired) electrons. The van der Waals surface area contributed by atoms with Crippen molar-refractivity contribution in [3.05, 3.63) is 108 Å². The quantitative estimate of drug-likeness (QED) is 0.314.